The van der Waals surface area contributed by atoms with Gasteiger partial charge < -0.3 is 0 Å². The van der Waals surface area contributed by atoms with Crippen molar-refractivity contribution in [3.8, 4) is 0 Å². The molecule has 54 valence electrons. The first-order valence-corrected chi connectivity index (χ1v) is 3.12. The maximum atomic E-state index is 11.1. The van der Waals surface area contributed by atoms with E-state index in [0.29, 0.717) is 5.69 Å². The molecule has 0 saturated heterocycles. The van der Waals surface area contributed by atoms with Gasteiger partial charge in [-0.3, -0.25) is 4.79 Å². The lowest BCUT2D eigenvalue weighted by Crippen LogP contribution is -2.07. The summed E-state index contributed by atoms with van der Waals surface area (Å²) < 4.78 is 0. The van der Waals surface area contributed by atoms with Gasteiger partial charge in [-0.05, 0) is 0 Å². The Labute approximate surface area is 58.6 Å². The smallest absolute Gasteiger partial charge is 0.187 e. The van der Waals surface area contributed by atoms with Crippen molar-refractivity contribution in [1.82, 2.24) is 15.4 Å². The Kier molecular flexibility index (Phi) is 1.80. The minimum Gasteiger partial charge on any atom is -0.292 e. The molecule has 1 rings (SSSR count). The van der Waals surface area contributed by atoms with Crippen LogP contribution in [0.3, 0.4) is 0 Å². The van der Waals surface area contributed by atoms with Crippen molar-refractivity contribution >= 4 is 5.78 Å². The minimum atomic E-state index is -0.00917. The van der Waals surface area contributed by atoms with Crippen LogP contribution >= 0.6 is 0 Å². The molecule has 0 aromatic carbocycles. The Morgan fingerprint density at radius 1 is 1.70 bits per heavy atom. The van der Waals surface area contributed by atoms with Gasteiger partial charge >= 0.3 is 0 Å². The standard InChI is InChI=1S/C6H9N3O/c1-4(2)6(10)5-3-7-9-8-5/h3-4H,1-2H3,(H,7,8,9). The summed E-state index contributed by atoms with van der Waals surface area (Å²) in [5, 5.41) is 9.57. The number of rotatable bonds is 2. The van der Waals surface area contributed by atoms with Crippen molar-refractivity contribution in [3.63, 3.8) is 0 Å². The predicted octanol–water partition coefficient (Wildman–Crippen LogP) is 0.643. The molecule has 0 bridgehead atoms. The molecule has 0 aliphatic heterocycles. The van der Waals surface area contributed by atoms with Crippen molar-refractivity contribution < 1.29 is 4.79 Å². The second kappa shape index (κ2) is 2.60. The van der Waals surface area contributed by atoms with Crippen molar-refractivity contribution in [1.29, 1.82) is 0 Å². The van der Waals surface area contributed by atoms with Gasteiger partial charge in [0, 0.05) is 5.92 Å². The zero-order valence-corrected chi connectivity index (χ0v) is 5.96. The van der Waals surface area contributed by atoms with E-state index >= 15 is 0 Å². The van der Waals surface area contributed by atoms with E-state index in [1.165, 1.54) is 6.20 Å². The van der Waals surface area contributed by atoms with Crippen molar-refractivity contribution in [2.24, 2.45) is 5.92 Å². The number of hydrogen-bond acceptors (Lipinski definition) is 3. The maximum absolute atomic E-state index is 11.1. The fourth-order valence-electron chi connectivity index (χ4n) is 0.616. The highest BCUT2D eigenvalue weighted by molar-refractivity contribution is 5.95. The monoisotopic (exact) mass is 139 g/mol. The number of carbonyl (C=O) groups excluding carboxylic acids is 1. The number of Topliss-reactive ketones (excluding diaryl/α,β-unsaturated/α-hetero) is 1. The second-order valence-corrected chi connectivity index (χ2v) is 2.37. The summed E-state index contributed by atoms with van der Waals surface area (Å²) >= 11 is 0. The normalized spacial score (nSPS) is 10.3. The van der Waals surface area contributed by atoms with Crippen molar-refractivity contribution in [2.75, 3.05) is 0 Å². The molecule has 0 spiro atoms. The molecule has 0 fully saturated rings. The first kappa shape index (κ1) is 6.92. The van der Waals surface area contributed by atoms with E-state index < -0.39 is 0 Å². The fraction of sp³-hybridized carbons (Fsp3) is 0.500. The third kappa shape index (κ3) is 1.21. The van der Waals surface area contributed by atoms with E-state index in [0.717, 1.165) is 0 Å². The highest BCUT2D eigenvalue weighted by atomic mass is 16.1. The van der Waals surface area contributed by atoms with Gasteiger partial charge in [-0.25, -0.2) is 0 Å². The van der Waals surface area contributed by atoms with Crippen LogP contribution in [0.2, 0.25) is 0 Å². The summed E-state index contributed by atoms with van der Waals surface area (Å²) in [5.74, 6) is 0.0128. The molecule has 1 N–H and O–H groups in total. The van der Waals surface area contributed by atoms with Crippen molar-refractivity contribution in [3.05, 3.63) is 11.9 Å². The number of aromatic amines is 1. The van der Waals surface area contributed by atoms with Gasteiger partial charge in [-0.1, -0.05) is 13.8 Å². The molecule has 10 heavy (non-hydrogen) atoms. The molecule has 0 saturated carbocycles. The van der Waals surface area contributed by atoms with Crippen LogP contribution in [-0.4, -0.2) is 21.2 Å². The van der Waals surface area contributed by atoms with Gasteiger partial charge in [-0.15, -0.1) is 0 Å². The summed E-state index contributed by atoms with van der Waals surface area (Å²) in [7, 11) is 0. The molecule has 0 aliphatic carbocycles. The van der Waals surface area contributed by atoms with E-state index in [2.05, 4.69) is 15.4 Å². The summed E-state index contributed by atoms with van der Waals surface area (Å²) in [6.45, 7) is 3.66. The molecule has 4 heteroatoms. The maximum Gasteiger partial charge on any atom is 0.187 e. The van der Waals surface area contributed by atoms with Crippen LogP contribution in [0.4, 0.5) is 0 Å². The number of aromatic nitrogens is 3. The molecule has 1 heterocycles. The highest BCUT2D eigenvalue weighted by Gasteiger charge is 2.11. The number of H-pyrrole nitrogens is 1. The molecule has 0 aliphatic rings. The molecular formula is C6H9N3O. The van der Waals surface area contributed by atoms with Gasteiger partial charge in [0.2, 0.25) is 0 Å². The molecule has 0 atom stereocenters. The quantitative estimate of drug-likeness (QED) is 0.612. The van der Waals surface area contributed by atoms with Crippen LogP contribution in [-0.2, 0) is 0 Å². The van der Waals surface area contributed by atoms with Crippen LogP contribution in [0, 0.1) is 5.92 Å². The number of hydrogen-bond donors (Lipinski definition) is 1. The van der Waals surface area contributed by atoms with Gasteiger partial charge in [0.05, 0.1) is 6.20 Å². The Balaban J connectivity index is 2.78. The van der Waals surface area contributed by atoms with E-state index in [1.807, 2.05) is 13.8 Å². The fourth-order valence-corrected chi connectivity index (χ4v) is 0.616. The van der Waals surface area contributed by atoms with E-state index in [4.69, 9.17) is 0 Å². The molecule has 0 unspecified atom stereocenters. The van der Waals surface area contributed by atoms with Crippen molar-refractivity contribution in [2.45, 2.75) is 13.8 Å². The van der Waals surface area contributed by atoms with Gasteiger partial charge in [0.15, 0.2) is 5.78 Å². The molecule has 1 aromatic rings. The van der Waals surface area contributed by atoms with E-state index in [9.17, 15) is 4.79 Å². The number of nitrogens with zero attached hydrogens (tertiary/aromatic N) is 2. The number of ketones is 1. The lowest BCUT2D eigenvalue weighted by Gasteiger charge is -1.96. The molecular weight excluding hydrogens is 130 g/mol. The second-order valence-electron chi connectivity index (χ2n) is 2.37. The Morgan fingerprint density at radius 2 is 2.40 bits per heavy atom. The zero-order chi connectivity index (χ0) is 7.56. The third-order valence-corrected chi connectivity index (χ3v) is 1.19. The lowest BCUT2D eigenvalue weighted by atomic mass is 10.1. The van der Waals surface area contributed by atoms with Gasteiger partial charge in [-0.2, -0.15) is 15.4 Å². The first-order valence-electron chi connectivity index (χ1n) is 3.12. The van der Waals surface area contributed by atoms with Gasteiger partial charge in [0.25, 0.3) is 0 Å². The number of nitrogens with one attached hydrogen (secondary N) is 1. The van der Waals surface area contributed by atoms with Crippen LogP contribution in [0.25, 0.3) is 0 Å². The molecule has 0 amide bonds. The average molecular weight is 139 g/mol. The minimum absolute atomic E-state index is 0.00917. The largest absolute Gasteiger partial charge is 0.292 e. The van der Waals surface area contributed by atoms with E-state index in [1.54, 1.807) is 0 Å². The Morgan fingerprint density at radius 3 is 2.80 bits per heavy atom. The first-order chi connectivity index (χ1) is 4.72. The predicted molar refractivity (Wildman–Crippen MR) is 35.6 cm³/mol. The number of carbonyl (C=O) groups is 1. The third-order valence-electron chi connectivity index (χ3n) is 1.19. The Bertz CT molecular complexity index is 215. The zero-order valence-electron chi connectivity index (χ0n) is 5.96. The summed E-state index contributed by atoms with van der Waals surface area (Å²) in [4.78, 5) is 11.1. The van der Waals surface area contributed by atoms with Crippen LogP contribution in [0.15, 0.2) is 6.20 Å². The van der Waals surface area contributed by atoms with Crippen LogP contribution in [0.5, 0.6) is 0 Å². The van der Waals surface area contributed by atoms with Crippen LogP contribution in [0.1, 0.15) is 24.3 Å². The SMILES string of the molecule is CC(C)C(=O)c1cn[nH]n1. The average Bonchev–Trinajstić information content (AvgIpc) is 2.36. The molecule has 0 radical (unpaired) electrons. The lowest BCUT2D eigenvalue weighted by molar-refractivity contribution is 0.0934. The topological polar surface area (TPSA) is 58.6 Å². The summed E-state index contributed by atoms with van der Waals surface area (Å²) in [6, 6.07) is 0. The summed E-state index contributed by atoms with van der Waals surface area (Å²) in [5.41, 5.74) is 0.412. The van der Waals surface area contributed by atoms with Gasteiger partial charge in [0.1, 0.15) is 5.69 Å². The highest BCUT2D eigenvalue weighted by Crippen LogP contribution is 2.01. The Hall–Kier alpha value is -1.19. The van der Waals surface area contributed by atoms with Crippen LogP contribution < -0.4 is 0 Å². The van der Waals surface area contributed by atoms with E-state index in [-0.39, 0.29) is 11.7 Å². The molecule has 1 aromatic heterocycles. The summed E-state index contributed by atoms with van der Waals surface area (Å²) in [6.07, 6.45) is 1.43. The molecule has 4 nitrogen and oxygen atoms in total.